The van der Waals surface area contributed by atoms with Crippen molar-refractivity contribution in [1.29, 1.82) is 0 Å². The third-order valence-corrected chi connectivity index (χ3v) is 5.36. The van der Waals surface area contributed by atoms with Gasteiger partial charge in [-0.15, -0.1) is 0 Å². The first-order valence-electron chi connectivity index (χ1n) is 9.19. The summed E-state index contributed by atoms with van der Waals surface area (Å²) in [5, 5.41) is 3.65. The van der Waals surface area contributed by atoms with Crippen LogP contribution >= 0.6 is 0 Å². The van der Waals surface area contributed by atoms with Crippen LogP contribution in [0.4, 0.5) is 4.39 Å². The maximum atomic E-state index is 13.6. The monoisotopic (exact) mass is 340 g/mol. The Labute approximate surface area is 148 Å². The lowest BCUT2D eigenvalue weighted by molar-refractivity contribution is 0.298. The molecular weight excluding hydrogens is 315 g/mol. The number of benzene rings is 2. The minimum atomic E-state index is -0.219. The standard InChI is InChI=1S/C21H25FN2O/c22-20-6-2-1-4-18(20)15-25-19-9-7-16(8-10-19)12-24-13-17-5-3-11-23-21(17)14-24/h1-2,4,6-10,17,21,23H,3,5,11-15H2/t17-,21+/m0/s1. The summed E-state index contributed by atoms with van der Waals surface area (Å²) in [6, 6.07) is 15.6. The Morgan fingerprint density at radius 1 is 1.08 bits per heavy atom. The molecule has 0 aliphatic carbocycles. The third-order valence-electron chi connectivity index (χ3n) is 5.36. The Kier molecular flexibility index (Phi) is 4.99. The fraction of sp³-hybridized carbons (Fsp3) is 0.429. The number of fused-ring (bicyclic) bond motifs is 1. The van der Waals surface area contributed by atoms with Crippen molar-refractivity contribution in [3.05, 3.63) is 65.5 Å². The first kappa shape index (κ1) is 16.6. The molecule has 0 aromatic heterocycles. The van der Waals surface area contributed by atoms with Gasteiger partial charge in [-0.05, 0) is 49.1 Å². The summed E-state index contributed by atoms with van der Waals surface area (Å²) in [5.41, 5.74) is 1.88. The normalized spacial score (nSPS) is 23.4. The number of rotatable bonds is 5. The summed E-state index contributed by atoms with van der Waals surface area (Å²) in [7, 11) is 0. The summed E-state index contributed by atoms with van der Waals surface area (Å²) in [6.07, 6.45) is 2.67. The number of hydrogen-bond acceptors (Lipinski definition) is 3. The van der Waals surface area contributed by atoms with Crippen molar-refractivity contribution < 1.29 is 9.13 Å². The molecule has 3 nitrogen and oxygen atoms in total. The highest BCUT2D eigenvalue weighted by Crippen LogP contribution is 2.26. The average Bonchev–Trinajstić information content (AvgIpc) is 3.04. The van der Waals surface area contributed by atoms with E-state index in [1.807, 2.05) is 18.2 Å². The van der Waals surface area contributed by atoms with Gasteiger partial charge in [0.25, 0.3) is 0 Å². The average molecular weight is 340 g/mol. The van der Waals surface area contributed by atoms with E-state index < -0.39 is 0 Å². The molecule has 2 atom stereocenters. The van der Waals surface area contributed by atoms with E-state index in [1.165, 1.54) is 37.6 Å². The second kappa shape index (κ2) is 7.54. The van der Waals surface area contributed by atoms with Crippen LogP contribution in [0.1, 0.15) is 24.0 Å². The Morgan fingerprint density at radius 2 is 1.92 bits per heavy atom. The molecule has 4 rings (SSSR count). The number of hydrogen-bond donors (Lipinski definition) is 1. The third kappa shape index (κ3) is 4.02. The molecule has 0 spiro atoms. The smallest absolute Gasteiger partial charge is 0.129 e. The number of halogens is 1. The van der Waals surface area contributed by atoms with Crippen molar-refractivity contribution in [2.24, 2.45) is 5.92 Å². The summed E-state index contributed by atoms with van der Waals surface area (Å²) >= 11 is 0. The molecule has 25 heavy (non-hydrogen) atoms. The van der Waals surface area contributed by atoms with Crippen LogP contribution in [0.5, 0.6) is 5.75 Å². The Hall–Kier alpha value is -1.91. The lowest BCUT2D eigenvalue weighted by atomic mass is 9.94. The maximum absolute atomic E-state index is 13.6. The molecule has 4 heteroatoms. The van der Waals surface area contributed by atoms with Gasteiger partial charge in [0.05, 0.1) is 0 Å². The molecule has 132 valence electrons. The molecule has 2 saturated heterocycles. The van der Waals surface area contributed by atoms with Crippen LogP contribution in [-0.2, 0) is 13.2 Å². The highest BCUT2D eigenvalue weighted by molar-refractivity contribution is 5.28. The molecule has 2 aliphatic rings. The predicted octanol–water partition coefficient (Wildman–Crippen LogP) is 3.59. The molecule has 0 amide bonds. The van der Waals surface area contributed by atoms with Crippen molar-refractivity contribution in [1.82, 2.24) is 10.2 Å². The van der Waals surface area contributed by atoms with E-state index in [1.54, 1.807) is 12.1 Å². The highest BCUT2D eigenvalue weighted by atomic mass is 19.1. The first-order chi connectivity index (χ1) is 12.3. The minimum absolute atomic E-state index is 0.219. The molecule has 0 bridgehead atoms. The topological polar surface area (TPSA) is 24.5 Å². The zero-order valence-corrected chi connectivity index (χ0v) is 14.5. The van der Waals surface area contributed by atoms with Crippen LogP contribution < -0.4 is 10.1 Å². The van der Waals surface area contributed by atoms with Gasteiger partial charge in [-0.1, -0.05) is 30.3 Å². The summed E-state index contributed by atoms with van der Waals surface area (Å²) in [5.74, 6) is 1.38. The van der Waals surface area contributed by atoms with E-state index in [0.717, 1.165) is 24.8 Å². The van der Waals surface area contributed by atoms with E-state index in [2.05, 4.69) is 22.3 Å². The van der Waals surface area contributed by atoms with Gasteiger partial charge in [-0.2, -0.15) is 0 Å². The molecule has 2 aromatic carbocycles. The molecule has 2 heterocycles. The van der Waals surface area contributed by atoms with Gasteiger partial charge in [-0.25, -0.2) is 4.39 Å². The first-order valence-corrected chi connectivity index (χ1v) is 9.19. The number of nitrogens with zero attached hydrogens (tertiary/aromatic N) is 1. The maximum Gasteiger partial charge on any atom is 0.129 e. The van der Waals surface area contributed by atoms with Crippen molar-refractivity contribution >= 4 is 0 Å². The molecule has 0 unspecified atom stereocenters. The zero-order valence-electron chi connectivity index (χ0n) is 14.5. The van der Waals surface area contributed by atoms with E-state index >= 15 is 0 Å². The minimum Gasteiger partial charge on any atom is -0.489 e. The number of ether oxygens (including phenoxy) is 1. The molecule has 2 aromatic rings. The zero-order chi connectivity index (χ0) is 17.1. The Balaban J connectivity index is 1.31. The van der Waals surface area contributed by atoms with Crippen molar-refractivity contribution in [3.8, 4) is 5.75 Å². The van der Waals surface area contributed by atoms with Gasteiger partial charge in [0.2, 0.25) is 0 Å². The summed E-state index contributed by atoms with van der Waals surface area (Å²) in [4.78, 5) is 2.54. The Bertz CT molecular complexity index is 689. The van der Waals surface area contributed by atoms with Gasteiger partial charge in [-0.3, -0.25) is 4.90 Å². The SMILES string of the molecule is Fc1ccccc1COc1ccc(CN2C[C@@H]3CCCN[C@@H]3C2)cc1. The van der Waals surface area contributed by atoms with Crippen LogP contribution in [0.15, 0.2) is 48.5 Å². The van der Waals surface area contributed by atoms with Crippen LogP contribution in [0.3, 0.4) is 0 Å². The lowest BCUT2D eigenvalue weighted by Crippen LogP contribution is -2.40. The van der Waals surface area contributed by atoms with E-state index in [4.69, 9.17) is 4.74 Å². The lowest BCUT2D eigenvalue weighted by Gasteiger charge is -2.24. The van der Waals surface area contributed by atoms with Gasteiger partial charge >= 0.3 is 0 Å². The van der Waals surface area contributed by atoms with Crippen LogP contribution in [0, 0.1) is 11.7 Å². The van der Waals surface area contributed by atoms with E-state index in [0.29, 0.717) is 11.6 Å². The molecule has 0 radical (unpaired) electrons. The molecule has 2 aliphatic heterocycles. The quantitative estimate of drug-likeness (QED) is 0.900. The van der Waals surface area contributed by atoms with Crippen LogP contribution in [0.25, 0.3) is 0 Å². The number of likely N-dealkylation sites (tertiary alicyclic amines) is 1. The van der Waals surface area contributed by atoms with Gasteiger partial charge in [0, 0.05) is 31.2 Å². The highest BCUT2D eigenvalue weighted by Gasteiger charge is 2.33. The van der Waals surface area contributed by atoms with Gasteiger partial charge in [0.1, 0.15) is 18.2 Å². The molecule has 0 saturated carbocycles. The summed E-state index contributed by atoms with van der Waals surface area (Å²) < 4.78 is 19.3. The van der Waals surface area contributed by atoms with E-state index in [9.17, 15) is 4.39 Å². The van der Waals surface area contributed by atoms with Crippen molar-refractivity contribution in [2.75, 3.05) is 19.6 Å². The van der Waals surface area contributed by atoms with Crippen LogP contribution in [-0.4, -0.2) is 30.6 Å². The van der Waals surface area contributed by atoms with Crippen molar-refractivity contribution in [2.45, 2.75) is 32.0 Å². The summed E-state index contributed by atoms with van der Waals surface area (Å²) in [6.45, 7) is 4.76. The van der Waals surface area contributed by atoms with Gasteiger partial charge in [0.15, 0.2) is 0 Å². The number of nitrogens with one attached hydrogen (secondary N) is 1. The van der Waals surface area contributed by atoms with E-state index in [-0.39, 0.29) is 12.4 Å². The predicted molar refractivity (Wildman–Crippen MR) is 97.0 cm³/mol. The van der Waals surface area contributed by atoms with Crippen molar-refractivity contribution in [3.63, 3.8) is 0 Å². The number of piperidine rings is 1. The molecule has 1 N–H and O–H groups in total. The largest absolute Gasteiger partial charge is 0.489 e. The second-order valence-corrected chi connectivity index (χ2v) is 7.18. The van der Waals surface area contributed by atoms with Crippen LogP contribution in [0.2, 0.25) is 0 Å². The molecule has 2 fully saturated rings. The Morgan fingerprint density at radius 3 is 2.72 bits per heavy atom. The fourth-order valence-electron chi connectivity index (χ4n) is 3.99. The molecular formula is C21H25FN2O. The fourth-order valence-corrected chi connectivity index (χ4v) is 3.99. The van der Waals surface area contributed by atoms with Gasteiger partial charge < -0.3 is 10.1 Å². The second-order valence-electron chi connectivity index (χ2n) is 7.18.